The van der Waals surface area contributed by atoms with Gasteiger partial charge in [0.2, 0.25) is 5.88 Å². The fourth-order valence-electron chi connectivity index (χ4n) is 4.90. The molecule has 0 amide bonds. The first-order chi connectivity index (χ1) is 18.5. The van der Waals surface area contributed by atoms with E-state index in [4.69, 9.17) is 42.6 Å². The number of allylic oxidation sites excluding steroid dienone is 1. The number of hydrogen-bond donors (Lipinski definition) is 3. The van der Waals surface area contributed by atoms with Crippen LogP contribution in [0.4, 0.5) is 0 Å². The maximum Gasteiger partial charge on any atom is 0.242 e. The van der Waals surface area contributed by atoms with Crippen molar-refractivity contribution < 1.29 is 28.4 Å². The van der Waals surface area contributed by atoms with Crippen LogP contribution in [0.5, 0.6) is 5.88 Å². The van der Waals surface area contributed by atoms with Crippen molar-refractivity contribution in [1.29, 1.82) is 0 Å². The molecule has 224 valence electrons. The van der Waals surface area contributed by atoms with E-state index in [0.717, 1.165) is 24.8 Å². The summed E-state index contributed by atoms with van der Waals surface area (Å²) in [6.07, 6.45) is 1.73. The first-order valence-corrected chi connectivity index (χ1v) is 19.4. The van der Waals surface area contributed by atoms with E-state index in [2.05, 4.69) is 62.3 Å². The van der Waals surface area contributed by atoms with Crippen LogP contribution in [0.2, 0.25) is 18.1 Å². The van der Waals surface area contributed by atoms with E-state index >= 15 is 0 Å². The minimum atomic E-state index is -2.25. The van der Waals surface area contributed by atoms with Crippen LogP contribution in [-0.2, 0) is 30.0 Å². The van der Waals surface area contributed by atoms with Gasteiger partial charge in [-0.1, -0.05) is 32.9 Å². The first kappa shape index (κ1) is 32.0. The summed E-state index contributed by atoms with van der Waals surface area (Å²) in [4.78, 5) is 12.2. The average Bonchev–Trinajstić information content (AvgIpc) is 3.40. The minimum absolute atomic E-state index is 0.0110. The van der Waals surface area contributed by atoms with E-state index in [1.54, 1.807) is 4.57 Å². The van der Waals surface area contributed by atoms with Crippen molar-refractivity contribution >= 4 is 51.1 Å². The third-order valence-corrected chi connectivity index (χ3v) is 15.2. The summed E-state index contributed by atoms with van der Waals surface area (Å²) < 4.78 is 26.8. The van der Waals surface area contributed by atoms with Crippen LogP contribution in [0, 0.1) is 5.92 Å². The Kier molecular flexibility index (Phi) is 9.61. The number of aromatic nitrogens is 4. The van der Waals surface area contributed by atoms with Crippen LogP contribution in [0.25, 0.3) is 11.2 Å². The van der Waals surface area contributed by atoms with E-state index in [0.29, 0.717) is 11.6 Å². The second kappa shape index (κ2) is 12.0. The molecule has 1 saturated heterocycles. The van der Waals surface area contributed by atoms with Crippen LogP contribution >= 0.6 is 19.8 Å². The number of nitrogens with zero attached hydrogens (tertiary/aromatic N) is 4. The Morgan fingerprint density at radius 2 is 2.02 bits per heavy atom. The molecule has 3 heterocycles. The van der Waals surface area contributed by atoms with Gasteiger partial charge in [0.25, 0.3) is 0 Å². The van der Waals surface area contributed by atoms with Gasteiger partial charge in [-0.25, -0.2) is 9.97 Å². The fraction of sp³-hybridized carbons (Fsp3) is 0.731. The molecule has 0 bridgehead atoms. The van der Waals surface area contributed by atoms with Crippen LogP contribution in [-0.4, -0.2) is 73.8 Å². The molecular weight excluding hydrogens is 588 g/mol. The SMILES string of the molecule is C=C(C)[C@H]1CC[C@@](C)(S)[C@H](O[PH](=S)O[C@H]2[C@@H](O)[C@H](n3cnc4c(O)ncnc43)O[C@@H]2CO[Si](C)(C)C(C)(C)C)C1. The van der Waals surface area contributed by atoms with E-state index < -0.39 is 40.0 Å². The standard InChI is InChI=1S/C26H43N4O6PS2Si/c1-15(2)16-9-10-26(6,38)18(11-16)35-37(39)36-21-17(12-33-40(7,8)25(3,4)5)34-24(20(21)31)30-14-29-19-22(30)27-13-28-23(19)32/h13-14,16-18,20-21,24,31,37-38H,1,9-12H2,2-8H3,(H,27,28,32)/t16-,17+,18+,20+,21+,24+,26+/m0/s1. The quantitative estimate of drug-likeness (QED) is 0.148. The van der Waals surface area contributed by atoms with Crippen molar-refractivity contribution in [1.82, 2.24) is 19.5 Å². The van der Waals surface area contributed by atoms with Gasteiger partial charge in [0.15, 0.2) is 32.9 Å². The third-order valence-electron chi connectivity index (χ3n) is 8.70. The Hall–Kier alpha value is -0.893. The zero-order valence-electron chi connectivity index (χ0n) is 24.3. The average molecular weight is 631 g/mol. The summed E-state index contributed by atoms with van der Waals surface area (Å²) in [5, 5.41) is 21.6. The number of aliphatic hydroxyl groups excluding tert-OH is 1. The van der Waals surface area contributed by atoms with Crippen LogP contribution < -0.4 is 0 Å². The number of thiol groups is 1. The Labute approximate surface area is 249 Å². The molecule has 2 aromatic heterocycles. The first-order valence-electron chi connectivity index (χ1n) is 13.6. The van der Waals surface area contributed by atoms with E-state index in [9.17, 15) is 10.2 Å². The Balaban J connectivity index is 1.56. The molecule has 1 unspecified atom stereocenters. The van der Waals surface area contributed by atoms with Gasteiger partial charge in [-0.3, -0.25) is 4.57 Å². The molecule has 2 aromatic rings. The normalized spacial score (nSPS) is 32.4. The number of hydrogen-bond acceptors (Lipinski definition) is 11. The molecule has 0 aromatic carbocycles. The number of rotatable bonds is 9. The van der Waals surface area contributed by atoms with Gasteiger partial charge in [-0.15, -0.1) is 0 Å². The monoisotopic (exact) mass is 630 g/mol. The Bertz CT molecular complexity index is 1260. The van der Waals surface area contributed by atoms with Gasteiger partial charge in [0.05, 0.1) is 19.0 Å². The second-order valence-corrected chi connectivity index (χ2v) is 20.6. The lowest BCUT2D eigenvalue weighted by molar-refractivity contribution is -0.0485. The number of imidazole rings is 1. The van der Waals surface area contributed by atoms with E-state index in [1.165, 1.54) is 12.7 Å². The topological polar surface area (TPSA) is 121 Å². The summed E-state index contributed by atoms with van der Waals surface area (Å²) >= 11 is 10.6. The molecule has 2 N–H and O–H groups in total. The van der Waals surface area contributed by atoms with Gasteiger partial charge >= 0.3 is 0 Å². The van der Waals surface area contributed by atoms with Crippen molar-refractivity contribution in [3.05, 3.63) is 24.8 Å². The number of aliphatic hydroxyl groups is 1. The molecule has 4 rings (SSSR count). The molecular formula is C26H43N4O6PS2Si. The smallest absolute Gasteiger partial charge is 0.242 e. The van der Waals surface area contributed by atoms with E-state index in [-0.39, 0.29) is 33.9 Å². The summed E-state index contributed by atoms with van der Waals surface area (Å²) in [6.45, 7) is 19.3. The highest BCUT2D eigenvalue weighted by atomic mass is 32.4. The summed E-state index contributed by atoms with van der Waals surface area (Å²) in [6, 6.07) is 0. The van der Waals surface area contributed by atoms with Gasteiger partial charge in [0, 0.05) is 4.75 Å². The molecule has 2 fully saturated rings. The third kappa shape index (κ3) is 6.68. The molecule has 8 atom stereocenters. The summed E-state index contributed by atoms with van der Waals surface area (Å²) in [5.41, 5.74) is 1.68. The molecule has 14 heteroatoms. The summed E-state index contributed by atoms with van der Waals surface area (Å²) in [5.74, 6) is 0.0973. The predicted octanol–water partition coefficient (Wildman–Crippen LogP) is 5.15. The largest absolute Gasteiger partial charge is 0.492 e. The van der Waals surface area contributed by atoms with Crippen LogP contribution in [0.3, 0.4) is 0 Å². The van der Waals surface area contributed by atoms with Crippen LogP contribution in [0.1, 0.15) is 60.1 Å². The highest BCUT2D eigenvalue weighted by Gasteiger charge is 2.49. The van der Waals surface area contributed by atoms with Crippen LogP contribution in [0.15, 0.2) is 24.8 Å². The number of ether oxygens (including phenoxy) is 1. The van der Waals surface area contributed by atoms with Crippen molar-refractivity contribution in [3.63, 3.8) is 0 Å². The lowest BCUT2D eigenvalue weighted by atomic mass is 9.77. The molecule has 0 spiro atoms. The van der Waals surface area contributed by atoms with Crippen molar-refractivity contribution in [2.24, 2.45) is 5.92 Å². The maximum atomic E-state index is 11.5. The lowest BCUT2D eigenvalue weighted by Gasteiger charge is -2.41. The molecule has 10 nitrogen and oxygen atoms in total. The molecule has 2 aliphatic rings. The maximum absolute atomic E-state index is 11.5. The number of fused-ring (bicyclic) bond motifs is 1. The summed E-state index contributed by atoms with van der Waals surface area (Å²) in [7, 11) is -4.38. The molecule has 40 heavy (non-hydrogen) atoms. The highest BCUT2D eigenvalue weighted by molar-refractivity contribution is 8.00. The fourth-order valence-corrected chi connectivity index (χ4v) is 8.14. The van der Waals surface area contributed by atoms with Crippen molar-refractivity contribution in [3.8, 4) is 5.88 Å². The van der Waals surface area contributed by atoms with Gasteiger partial charge in [0.1, 0.15) is 24.6 Å². The molecule has 1 aliphatic heterocycles. The molecule has 0 radical (unpaired) electrons. The zero-order valence-corrected chi connectivity index (χ0v) is 28.0. The zero-order chi connectivity index (χ0) is 29.6. The number of aromatic hydroxyl groups is 1. The second-order valence-electron chi connectivity index (χ2n) is 12.8. The van der Waals surface area contributed by atoms with Gasteiger partial charge < -0.3 is 28.4 Å². The predicted molar refractivity (Wildman–Crippen MR) is 165 cm³/mol. The van der Waals surface area contributed by atoms with E-state index in [1.807, 2.05) is 6.92 Å². The molecule has 1 aliphatic carbocycles. The lowest BCUT2D eigenvalue weighted by Crippen LogP contribution is -2.45. The Morgan fingerprint density at radius 3 is 2.67 bits per heavy atom. The van der Waals surface area contributed by atoms with Gasteiger partial charge in [-0.05, 0) is 69.0 Å². The molecule has 1 saturated carbocycles. The van der Waals surface area contributed by atoms with Crippen molar-refractivity contribution in [2.45, 2.75) is 107 Å². The minimum Gasteiger partial charge on any atom is -0.492 e. The highest BCUT2D eigenvalue weighted by Crippen LogP contribution is 2.47. The van der Waals surface area contributed by atoms with Crippen molar-refractivity contribution in [2.75, 3.05) is 6.61 Å². The van der Waals surface area contributed by atoms with Gasteiger partial charge in [-0.2, -0.15) is 17.6 Å². The Morgan fingerprint density at radius 1 is 1.32 bits per heavy atom.